The van der Waals surface area contributed by atoms with E-state index in [0.717, 1.165) is 16.5 Å². The first kappa shape index (κ1) is 20.6. The van der Waals surface area contributed by atoms with Gasteiger partial charge in [0.05, 0.1) is 39.6 Å². The highest BCUT2D eigenvalue weighted by Crippen LogP contribution is 2.39. The summed E-state index contributed by atoms with van der Waals surface area (Å²) < 4.78 is 6.55. The lowest BCUT2D eigenvalue weighted by Gasteiger charge is -2.15. The minimum absolute atomic E-state index is 0.413. The summed E-state index contributed by atoms with van der Waals surface area (Å²) in [6.07, 6.45) is 1.57. The smallest absolute Gasteiger partial charge is 0.139 e. The van der Waals surface area contributed by atoms with Gasteiger partial charge in [0.1, 0.15) is 11.8 Å². The molecule has 2 heterocycles. The second-order valence-electron chi connectivity index (χ2n) is 7.13. The third-order valence-electron chi connectivity index (χ3n) is 5.20. The standard InChI is InChI=1S/C25H15Cl2N3OS/c1-31-22-11-21(18(26)10-19(22)27)30-25-16(12-28)13-29-20-8-15(6-7-17(20)25)24-9-14-4-2-3-5-23(14)32-24/h2-11,13H,1H3,(H,29,30). The summed E-state index contributed by atoms with van der Waals surface area (Å²) in [5.41, 5.74) is 3.49. The van der Waals surface area contributed by atoms with Crippen LogP contribution >= 0.6 is 34.5 Å². The Morgan fingerprint density at radius 2 is 1.88 bits per heavy atom. The average molecular weight is 476 g/mol. The predicted molar refractivity (Wildman–Crippen MR) is 134 cm³/mol. The van der Waals surface area contributed by atoms with Crippen molar-refractivity contribution < 1.29 is 4.74 Å². The lowest BCUT2D eigenvalue weighted by molar-refractivity contribution is 0.415. The molecule has 5 aromatic rings. The van der Waals surface area contributed by atoms with Gasteiger partial charge in [-0.05, 0) is 35.2 Å². The van der Waals surface area contributed by atoms with Crippen LogP contribution in [0.2, 0.25) is 10.0 Å². The molecule has 0 atom stereocenters. The van der Waals surface area contributed by atoms with E-state index < -0.39 is 0 Å². The number of pyridine rings is 1. The molecular weight excluding hydrogens is 461 g/mol. The van der Waals surface area contributed by atoms with Crippen molar-refractivity contribution in [1.29, 1.82) is 5.26 Å². The first-order valence-corrected chi connectivity index (χ1v) is 11.3. The zero-order valence-corrected chi connectivity index (χ0v) is 19.1. The van der Waals surface area contributed by atoms with Crippen molar-refractivity contribution in [3.63, 3.8) is 0 Å². The van der Waals surface area contributed by atoms with Crippen molar-refractivity contribution in [1.82, 2.24) is 4.98 Å². The van der Waals surface area contributed by atoms with E-state index in [1.165, 1.54) is 22.1 Å². The third-order valence-corrected chi connectivity index (χ3v) is 6.97. The van der Waals surface area contributed by atoms with Crippen LogP contribution in [0.25, 0.3) is 31.4 Å². The number of nitriles is 1. The molecule has 0 amide bonds. The molecule has 0 saturated carbocycles. The van der Waals surface area contributed by atoms with Gasteiger partial charge >= 0.3 is 0 Å². The van der Waals surface area contributed by atoms with E-state index in [0.29, 0.717) is 32.7 Å². The molecule has 2 aromatic heterocycles. The number of fused-ring (bicyclic) bond motifs is 2. The lowest BCUT2D eigenvalue weighted by atomic mass is 10.1. The number of nitrogens with one attached hydrogen (secondary N) is 1. The Hall–Kier alpha value is -3.30. The van der Waals surface area contributed by atoms with Crippen LogP contribution in [0.15, 0.2) is 66.9 Å². The summed E-state index contributed by atoms with van der Waals surface area (Å²) >= 11 is 14.3. The number of thiophene rings is 1. The van der Waals surface area contributed by atoms with Gasteiger partial charge in [0, 0.05) is 27.2 Å². The van der Waals surface area contributed by atoms with Crippen LogP contribution < -0.4 is 10.1 Å². The van der Waals surface area contributed by atoms with Crippen molar-refractivity contribution in [2.45, 2.75) is 0 Å². The Balaban J connectivity index is 1.62. The maximum Gasteiger partial charge on any atom is 0.139 e. The molecule has 0 saturated heterocycles. The Kier molecular flexibility index (Phi) is 5.36. The van der Waals surface area contributed by atoms with Crippen LogP contribution in [-0.2, 0) is 0 Å². The number of benzene rings is 3. The van der Waals surface area contributed by atoms with Gasteiger partial charge in [0.2, 0.25) is 0 Å². The van der Waals surface area contributed by atoms with Gasteiger partial charge in [-0.25, -0.2) is 0 Å². The maximum atomic E-state index is 9.68. The average Bonchev–Trinajstić information content (AvgIpc) is 3.25. The van der Waals surface area contributed by atoms with E-state index >= 15 is 0 Å². The van der Waals surface area contributed by atoms with E-state index in [2.05, 4.69) is 34.6 Å². The second kappa shape index (κ2) is 8.33. The third kappa shape index (κ3) is 3.63. The summed E-state index contributed by atoms with van der Waals surface area (Å²) in [6.45, 7) is 0. The minimum atomic E-state index is 0.413. The van der Waals surface area contributed by atoms with E-state index in [4.69, 9.17) is 27.9 Å². The monoisotopic (exact) mass is 475 g/mol. The predicted octanol–water partition coefficient (Wildman–Crippen LogP) is 8.05. The fourth-order valence-corrected chi connectivity index (χ4v) is 5.17. The van der Waals surface area contributed by atoms with Crippen molar-refractivity contribution in [2.75, 3.05) is 12.4 Å². The highest BCUT2D eigenvalue weighted by molar-refractivity contribution is 7.22. The molecule has 0 aliphatic heterocycles. The molecule has 0 bridgehead atoms. The fourth-order valence-electron chi connectivity index (χ4n) is 3.61. The van der Waals surface area contributed by atoms with E-state index in [1.807, 2.05) is 30.3 Å². The highest BCUT2D eigenvalue weighted by atomic mass is 35.5. The Bertz CT molecular complexity index is 1510. The minimum Gasteiger partial charge on any atom is -0.495 e. The SMILES string of the molecule is COc1cc(Nc2c(C#N)cnc3cc(-c4cc5ccccc5s4)ccc23)c(Cl)cc1Cl. The Labute approximate surface area is 198 Å². The normalized spacial score (nSPS) is 10.9. The molecule has 32 heavy (non-hydrogen) atoms. The van der Waals surface area contributed by atoms with Gasteiger partial charge in [-0.2, -0.15) is 5.26 Å². The molecule has 0 radical (unpaired) electrons. The number of halogens is 2. The molecular formula is C25H15Cl2N3OS. The van der Waals surface area contributed by atoms with Gasteiger partial charge in [0.15, 0.2) is 0 Å². The van der Waals surface area contributed by atoms with Gasteiger partial charge in [-0.1, -0.05) is 53.5 Å². The zero-order chi connectivity index (χ0) is 22.2. The van der Waals surface area contributed by atoms with Crippen LogP contribution in [0.3, 0.4) is 0 Å². The molecule has 156 valence electrons. The van der Waals surface area contributed by atoms with Crippen LogP contribution in [0, 0.1) is 11.3 Å². The highest BCUT2D eigenvalue weighted by Gasteiger charge is 2.14. The molecule has 0 aliphatic carbocycles. The fraction of sp³-hybridized carbons (Fsp3) is 0.0400. The second-order valence-corrected chi connectivity index (χ2v) is 9.03. The summed E-state index contributed by atoms with van der Waals surface area (Å²) in [5, 5.41) is 15.8. The molecule has 0 spiro atoms. The van der Waals surface area contributed by atoms with E-state index in [-0.39, 0.29) is 0 Å². The first-order valence-electron chi connectivity index (χ1n) is 9.69. The van der Waals surface area contributed by atoms with Crippen molar-refractivity contribution in [3.8, 4) is 22.3 Å². The Morgan fingerprint density at radius 1 is 1.03 bits per heavy atom. The first-order chi connectivity index (χ1) is 15.6. The van der Waals surface area contributed by atoms with E-state index in [9.17, 15) is 5.26 Å². The Morgan fingerprint density at radius 3 is 2.66 bits per heavy atom. The summed E-state index contributed by atoms with van der Waals surface area (Å²) in [7, 11) is 1.54. The number of aromatic nitrogens is 1. The maximum absolute atomic E-state index is 9.68. The summed E-state index contributed by atoms with van der Waals surface area (Å²) in [5.74, 6) is 0.488. The number of hydrogen-bond acceptors (Lipinski definition) is 5. The number of methoxy groups -OCH3 is 1. The van der Waals surface area contributed by atoms with Crippen molar-refractivity contribution >= 4 is 66.9 Å². The summed E-state index contributed by atoms with van der Waals surface area (Å²) in [6, 6.07) is 22.1. The number of hydrogen-bond donors (Lipinski definition) is 1. The summed E-state index contributed by atoms with van der Waals surface area (Å²) in [4.78, 5) is 5.69. The molecule has 0 unspecified atom stereocenters. The lowest BCUT2D eigenvalue weighted by Crippen LogP contribution is -1.98. The number of rotatable bonds is 4. The molecule has 0 fully saturated rings. The zero-order valence-electron chi connectivity index (χ0n) is 16.8. The van der Waals surface area contributed by atoms with Gasteiger partial charge in [-0.15, -0.1) is 11.3 Å². The number of ether oxygens (including phenoxy) is 1. The number of nitrogens with zero attached hydrogens (tertiary/aromatic N) is 2. The largest absolute Gasteiger partial charge is 0.495 e. The van der Waals surface area contributed by atoms with Crippen LogP contribution in [0.5, 0.6) is 5.75 Å². The molecule has 0 aliphatic rings. The van der Waals surface area contributed by atoms with Crippen LogP contribution in [0.1, 0.15) is 5.56 Å². The van der Waals surface area contributed by atoms with Crippen molar-refractivity contribution in [2.24, 2.45) is 0 Å². The number of anilines is 2. The van der Waals surface area contributed by atoms with Crippen LogP contribution in [-0.4, -0.2) is 12.1 Å². The quantitative estimate of drug-likeness (QED) is 0.285. The van der Waals surface area contributed by atoms with Gasteiger partial charge in [0.25, 0.3) is 0 Å². The van der Waals surface area contributed by atoms with Gasteiger partial charge < -0.3 is 10.1 Å². The molecule has 4 nitrogen and oxygen atoms in total. The van der Waals surface area contributed by atoms with Crippen molar-refractivity contribution in [3.05, 3.63) is 82.5 Å². The van der Waals surface area contributed by atoms with Crippen LogP contribution in [0.4, 0.5) is 11.4 Å². The van der Waals surface area contributed by atoms with E-state index in [1.54, 1.807) is 29.7 Å². The molecule has 5 rings (SSSR count). The van der Waals surface area contributed by atoms with Gasteiger partial charge in [-0.3, -0.25) is 4.98 Å². The molecule has 3 aromatic carbocycles. The molecule has 7 heteroatoms. The molecule has 1 N–H and O–H groups in total. The topological polar surface area (TPSA) is 57.9 Å².